The van der Waals surface area contributed by atoms with Gasteiger partial charge < -0.3 is 15.4 Å². The van der Waals surface area contributed by atoms with E-state index in [1.165, 1.54) is 12.5 Å². The van der Waals surface area contributed by atoms with Gasteiger partial charge >= 0.3 is 0 Å². The number of benzene rings is 1. The van der Waals surface area contributed by atoms with Crippen LogP contribution in [0.2, 0.25) is 0 Å². The minimum absolute atomic E-state index is 0.0372. The van der Waals surface area contributed by atoms with Gasteiger partial charge in [0, 0.05) is 39.2 Å². The lowest BCUT2D eigenvalue weighted by Crippen LogP contribution is -2.55. The maximum Gasteiger partial charge on any atom is 0.239 e. The molecule has 2 aliphatic rings. The molecule has 2 fully saturated rings. The molecule has 0 aromatic heterocycles. The number of hydrogen-bond donors (Lipinski definition) is 2. The Balaban J connectivity index is 1.59. The van der Waals surface area contributed by atoms with Gasteiger partial charge in [-0.1, -0.05) is 42.5 Å². The number of nitrogens with zero attached hydrogens (tertiary/aromatic N) is 1. The molecule has 3 atom stereocenters. The highest BCUT2D eigenvalue weighted by molar-refractivity contribution is 5.83. The van der Waals surface area contributed by atoms with Gasteiger partial charge in [0.2, 0.25) is 11.8 Å². The van der Waals surface area contributed by atoms with E-state index in [0.29, 0.717) is 0 Å². The van der Waals surface area contributed by atoms with Crippen LogP contribution in [0.25, 0.3) is 6.08 Å². The average Bonchev–Trinajstić information content (AvgIpc) is 3.06. The average molecular weight is 386 g/mol. The number of methoxy groups -OCH3 is 1. The zero-order valence-corrected chi connectivity index (χ0v) is 16.8. The topological polar surface area (TPSA) is 70.7 Å². The molecule has 3 rings (SSSR count). The standard InChI is InChI=1S/C22H31N3O3/c1-17(26)23-16-21(27)24-19-10-11-22(28-2)12-14-25(20(22)15-19)13-6-9-18-7-4-3-5-8-18/h3-9,19-20H,10-16H2,1-2H3,(H,23,26)(H,24,27)/b9-6+/t19-,20+,22-/m1/s1. The first-order valence-electron chi connectivity index (χ1n) is 10.1. The van der Waals surface area contributed by atoms with E-state index in [4.69, 9.17) is 4.74 Å². The van der Waals surface area contributed by atoms with E-state index in [-0.39, 0.29) is 36.0 Å². The Morgan fingerprint density at radius 1 is 1.29 bits per heavy atom. The Bertz CT molecular complexity index is 706. The summed E-state index contributed by atoms with van der Waals surface area (Å²) in [5, 5.41) is 5.63. The lowest BCUT2D eigenvalue weighted by atomic mass is 9.78. The normalized spacial score (nSPS) is 27.5. The molecule has 0 spiro atoms. The van der Waals surface area contributed by atoms with Crippen molar-refractivity contribution in [2.24, 2.45) is 0 Å². The molecule has 0 unspecified atom stereocenters. The number of nitrogens with one attached hydrogen (secondary N) is 2. The maximum absolute atomic E-state index is 12.1. The molecule has 28 heavy (non-hydrogen) atoms. The summed E-state index contributed by atoms with van der Waals surface area (Å²) < 4.78 is 5.99. The van der Waals surface area contributed by atoms with E-state index in [1.54, 1.807) is 0 Å². The molecule has 1 aliphatic heterocycles. The van der Waals surface area contributed by atoms with Gasteiger partial charge in [-0.05, 0) is 31.2 Å². The molecule has 1 heterocycles. The molecule has 6 nitrogen and oxygen atoms in total. The van der Waals surface area contributed by atoms with Crippen LogP contribution in [0.1, 0.15) is 38.2 Å². The van der Waals surface area contributed by atoms with Crippen LogP contribution >= 0.6 is 0 Å². The number of rotatable bonds is 7. The number of likely N-dealkylation sites (tertiary alicyclic amines) is 1. The highest BCUT2D eigenvalue weighted by Gasteiger charge is 2.50. The third-order valence-electron chi connectivity index (χ3n) is 6.01. The van der Waals surface area contributed by atoms with Crippen molar-refractivity contribution in [2.45, 2.75) is 50.3 Å². The summed E-state index contributed by atoms with van der Waals surface area (Å²) in [5.41, 5.74) is 1.09. The quantitative estimate of drug-likeness (QED) is 0.753. The minimum atomic E-state index is -0.190. The van der Waals surface area contributed by atoms with Crippen molar-refractivity contribution in [3.05, 3.63) is 42.0 Å². The Morgan fingerprint density at radius 2 is 2.07 bits per heavy atom. The minimum Gasteiger partial charge on any atom is -0.377 e. The highest BCUT2D eigenvalue weighted by Crippen LogP contribution is 2.42. The van der Waals surface area contributed by atoms with Crippen LogP contribution in [-0.4, -0.2) is 61.1 Å². The predicted octanol–water partition coefficient (Wildman–Crippen LogP) is 1.96. The van der Waals surface area contributed by atoms with Gasteiger partial charge in [-0.3, -0.25) is 14.5 Å². The van der Waals surface area contributed by atoms with Gasteiger partial charge in [0.25, 0.3) is 0 Å². The van der Waals surface area contributed by atoms with Crippen molar-refractivity contribution in [2.75, 3.05) is 26.7 Å². The zero-order valence-electron chi connectivity index (χ0n) is 16.8. The van der Waals surface area contributed by atoms with E-state index >= 15 is 0 Å². The molecule has 0 radical (unpaired) electrons. The van der Waals surface area contributed by atoms with Gasteiger partial charge in [0.05, 0.1) is 12.1 Å². The van der Waals surface area contributed by atoms with E-state index in [9.17, 15) is 9.59 Å². The van der Waals surface area contributed by atoms with Gasteiger partial charge in [0.1, 0.15) is 0 Å². The molecule has 1 saturated heterocycles. The monoisotopic (exact) mass is 385 g/mol. The fourth-order valence-electron chi connectivity index (χ4n) is 4.51. The van der Waals surface area contributed by atoms with E-state index < -0.39 is 0 Å². The summed E-state index contributed by atoms with van der Waals surface area (Å²) >= 11 is 0. The SMILES string of the molecule is CO[C@@]12CC[C@@H](NC(=O)CNC(C)=O)C[C@@H]1N(C/C=C/c1ccccc1)CC2. The Labute approximate surface area is 167 Å². The van der Waals surface area contributed by atoms with Crippen LogP contribution in [0.3, 0.4) is 0 Å². The smallest absolute Gasteiger partial charge is 0.239 e. The predicted molar refractivity (Wildman–Crippen MR) is 110 cm³/mol. The molecule has 1 aliphatic carbocycles. The Kier molecular flexibility index (Phi) is 6.86. The van der Waals surface area contributed by atoms with Crippen LogP contribution in [0.5, 0.6) is 0 Å². The first-order valence-corrected chi connectivity index (χ1v) is 10.1. The first-order chi connectivity index (χ1) is 13.5. The molecule has 6 heteroatoms. The molecule has 2 N–H and O–H groups in total. The van der Waals surface area contributed by atoms with Crippen molar-refractivity contribution in [3.63, 3.8) is 0 Å². The summed E-state index contributed by atoms with van der Waals surface area (Å²) in [6, 6.07) is 10.7. The van der Waals surface area contributed by atoms with Crippen LogP contribution in [0, 0.1) is 0 Å². The number of amides is 2. The van der Waals surface area contributed by atoms with Gasteiger partial charge in [-0.15, -0.1) is 0 Å². The molecule has 2 amide bonds. The summed E-state index contributed by atoms with van der Waals surface area (Å²) in [6.45, 7) is 3.33. The fraction of sp³-hybridized carbons (Fsp3) is 0.545. The van der Waals surface area contributed by atoms with Crippen LogP contribution in [0.4, 0.5) is 0 Å². The van der Waals surface area contributed by atoms with Crippen molar-refractivity contribution in [3.8, 4) is 0 Å². The Hall–Kier alpha value is -2.18. The summed E-state index contributed by atoms with van der Waals surface area (Å²) in [5.74, 6) is -0.317. The van der Waals surface area contributed by atoms with Crippen LogP contribution in [-0.2, 0) is 14.3 Å². The second-order valence-corrected chi connectivity index (χ2v) is 7.79. The number of fused-ring (bicyclic) bond motifs is 1. The number of carbonyl (C=O) groups excluding carboxylic acids is 2. The zero-order chi connectivity index (χ0) is 20.0. The molecular weight excluding hydrogens is 354 g/mol. The molecule has 1 aromatic rings. The lowest BCUT2D eigenvalue weighted by molar-refractivity contribution is -0.126. The van der Waals surface area contributed by atoms with E-state index in [0.717, 1.165) is 38.8 Å². The van der Waals surface area contributed by atoms with E-state index in [2.05, 4.69) is 39.8 Å². The number of ether oxygens (including phenoxy) is 1. The highest BCUT2D eigenvalue weighted by atomic mass is 16.5. The van der Waals surface area contributed by atoms with Crippen molar-refractivity contribution < 1.29 is 14.3 Å². The van der Waals surface area contributed by atoms with Gasteiger partial charge in [-0.2, -0.15) is 0 Å². The fourth-order valence-corrected chi connectivity index (χ4v) is 4.51. The van der Waals surface area contributed by atoms with Crippen molar-refractivity contribution in [1.29, 1.82) is 0 Å². The molecular formula is C22H31N3O3. The molecule has 0 bridgehead atoms. The van der Waals surface area contributed by atoms with Gasteiger partial charge in [-0.25, -0.2) is 0 Å². The van der Waals surface area contributed by atoms with E-state index in [1.807, 2.05) is 25.3 Å². The lowest BCUT2D eigenvalue weighted by Gasteiger charge is -2.43. The third kappa shape index (κ3) is 5.00. The van der Waals surface area contributed by atoms with Crippen molar-refractivity contribution >= 4 is 17.9 Å². The largest absolute Gasteiger partial charge is 0.377 e. The summed E-state index contributed by atoms with van der Waals surface area (Å²) in [6.07, 6.45) is 8.11. The van der Waals surface area contributed by atoms with Crippen LogP contribution < -0.4 is 10.6 Å². The molecule has 152 valence electrons. The molecule has 1 saturated carbocycles. The second kappa shape index (κ2) is 9.34. The van der Waals surface area contributed by atoms with Crippen molar-refractivity contribution in [1.82, 2.24) is 15.5 Å². The Morgan fingerprint density at radius 3 is 2.79 bits per heavy atom. The number of carbonyl (C=O) groups is 2. The second-order valence-electron chi connectivity index (χ2n) is 7.79. The summed E-state index contributed by atoms with van der Waals surface area (Å²) in [7, 11) is 1.81. The molecule has 1 aromatic carbocycles. The maximum atomic E-state index is 12.1. The number of hydrogen-bond acceptors (Lipinski definition) is 4. The van der Waals surface area contributed by atoms with Crippen LogP contribution in [0.15, 0.2) is 36.4 Å². The third-order valence-corrected chi connectivity index (χ3v) is 6.01. The first kappa shape index (κ1) is 20.6. The summed E-state index contributed by atoms with van der Waals surface area (Å²) in [4.78, 5) is 25.5. The van der Waals surface area contributed by atoms with Gasteiger partial charge in [0.15, 0.2) is 0 Å².